The van der Waals surface area contributed by atoms with Crippen molar-refractivity contribution in [1.82, 2.24) is 0 Å². The van der Waals surface area contributed by atoms with Crippen molar-refractivity contribution in [1.29, 1.82) is 0 Å². The summed E-state index contributed by atoms with van der Waals surface area (Å²) in [6, 6.07) is 4.60. The monoisotopic (exact) mass is 213 g/mol. The molecule has 0 amide bonds. The van der Waals surface area contributed by atoms with Crippen LogP contribution in [0.25, 0.3) is 0 Å². The number of rotatable bonds is 5. The topological polar surface area (TPSA) is 55.5 Å². The van der Waals surface area contributed by atoms with E-state index in [0.29, 0.717) is 17.9 Å². The molecule has 1 aromatic carbocycles. The molecule has 1 rings (SSSR count). The molecule has 0 bridgehead atoms. The van der Waals surface area contributed by atoms with E-state index in [9.17, 15) is 4.39 Å². The third kappa shape index (κ3) is 3.18. The van der Waals surface area contributed by atoms with Crippen LogP contribution in [-0.4, -0.2) is 18.3 Å². The van der Waals surface area contributed by atoms with Crippen LogP contribution in [0.2, 0.25) is 0 Å². The smallest absolute Gasteiger partial charge is 0.131 e. The summed E-state index contributed by atoms with van der Waals surface area (Å²) < 4.78 is 18.6. The molecule has 0 fully saturated rings. The number of benzene rings is 1. The summed E-state index contributed by atoms with van der Waals surface area (Å²) in [5, 5.41) is 8.82. The van der Waals surface area contributed by atoms with Gasteiger partial charge in [-0.3, -0.25) is 0 Å². The summed E-state index contributed by atoms with van der Waals surface area (Å²) in [6.45, 7) is 2.36. The second-order valence-corrected chi connectivity index (χ2v) is 3.52. The summed E-state index contributed by atoms with van der Waals surface area (Å²) in [5.41, 5.74) is 5.80. The quantitative estimate of drug-likeness (QED) is 0.775. The van der Waals surface area contributed by atoms with Gasteiger partial charge >= 0.3 is 0 Å². The number of hydrogen-bond acceptors (Lipinski definition) is 3. The second-order valence-electron chi connectivity index (χ2n) is 3.52. The Morgan fingerprint density at radius 1 is 1.53 bits per heavy atom. The number of nitrogens with two attached hydrogens (primary N) is 1. The summed E-state index contributed by atoms with van der Waals surface area (Å²) in [7, 11) is 0. The highest BCUT2D eigenvalue weighted by Crippen LogP contribution is 2.21. The van der Waals surface area contributed by atoms with Gasteiger partial charge in [0.05, 0.1) is 6.61 Å². The van der Waals surface area contributed by atoms with Crippen LogP contribution < -0.4 is 10.5 Å². The second kappa shape index (κ2) is 5.68. The van der Waals surface area contributed by atoms with E-state index in [0.717, 1.165) is 0 Å². The zero-order chi connectivity index (χ0) is 11.3. The highest BCUT2D eigenvalue weighted by atomic mass is 19.1. The molecule has 1 aromatic rings. The first-order chi connectivity index (χ1) is 7.19. The SMILES string of the molecule is CC(CO)COc1cccc(F)c1CN. The van der Waals surface area contributed by atoms with E-state index < -0.39 is 0 Å². The number of aliphatic hydroxyl groups excluding tert-OH is 1. The first kappa shape index (κ1) is 11.9. The van der Waals surface area contributed by atoms with Crippen molar-refractivity contribution >= 4 is 0 Å². The minimum Gasteiger partial charge on any atom is -0.493 e. The molecular formula is C11H16FNO2. The fraction of sp³-hybridized carbons (Fsp3) is 0.455. The Kier molecular flexibility index (Phi) is 4.52. The van der Waals surface area contributed by atoms with E-state index in [1.807, 2.05) is 6.92 Å². The van der Waals surface area contributed by atoms with Crippen molar-refractivity contribution in [2.75, 3.05) is 13.2 Å². The average molecular weight is 213 g/mol. The standard InChI is InChI=1S/C11H16FNO2/c1-8(6-14)7-15-11-4-2-3-10(12)9(11)5-13/h2-4,8,14H,5-7,13H2,1H3. The Balaban J connectivity index is 2.72. The molecule has 0 radical (unpaired) electrons. The third-order valence-corrected chi connectivity index (χ3v) is 2.12. The highest BCUT2D eigenvalue weighted by Gasteiger charge is 2.09. The molecular weight excluding hydrogens is 197 g/mol. The van der Waals surface area contributed by atoms with Gasteiger partial charge in [0.2, 0.25) is 0 Å². The van der Waals surface area contributed by atoms with Gasteiger partial charge < -0.3 is 15.6 Å². The largest absolute Gasteiger partial charge is 0.493 e. The Morgan fingerprint density at radius 3 is 2.87 bits per heavy atom. The fourth-order valence-corrected chi connectivity index (χ4v) is 1.16. The van der Waals surface area contributed by atoms with Crippen molar-refractivity contribution < 1.29 is 14.2 Å². The van der Waals surface area contributed by atoms with E-state index in [1.165, 1.54) is 6.07 Å². The maximum Gasteiger partial charge on any atom is 0.131 e. The first-order valence-electron chi connectivity index (χ1n) is 4.90. The van der Waals surface area contributed by atoms with Crippen LogP contribution in [0.3, 0.4) is 0 Å². The van der Waals surface area contributed by atoms with Crippen molar-refractivity contribution in [3.05, 3.63) is 29.6 Å². The van der Waals surface area contributed by atoms with Crippen LogP contribution in [0.4, 0.5) is 4.39 Å². The van der Waals surface area contributed by atoms with Gasteiger partial charge in [0.15, 0.2) is 0 Å². The van der Waals surface area contributed by atoms with Gasteiger partial charge in [-0.15, -0.1) is 0 Å². The fourth-order valence-electron chi connectivity index (χ4n) is 1.16. The minimum absolute atomic E-state index is 0.0268. The lowest BCUT2D eigenvalue weighted by atomic mass is 10.2. The molecule has 0 heterocycles. The molecule has 0 spiro atoms. The number of aliphatic hydroxyl groups is 1. The Labute approximate surface area is 88.7 Å². The van der Waals surface area contributed by atoms with Crippen molar-refractivity contribution in [3.8, 4) is 5.75 Å². The predicted octanol–water partition coefficient (Wildman–Crippen LogP) is 1.29. The highest BCUT2D eigenvalue weighted by molar-refractivity contribution is 5.34. The van der Waals surface area contributed by atoms with E-state index in [2.05, 4.69) is 0 Å². The van der Waals surface area contributed by atoms with Crippen LogP contribution in [0.5, 0.6) is 5.75 Å². The third-order valence-electron chi connectivity index (χ3n) is 2.12. The summed E-state index contributed by atoms with van der Waals surface area (Å²) in [6.07, 6.45) is 0. The molecule has 3 N–H and O–H groups in total. The summed E-state index contributed by atoms with van der Waals surface area (Å²) in [5.74, 6) is 0.128. The molecule has 1 atom stereocenters. The van der Waals surface area contributed by atoms with E-state index in [4.69, 9.17) is 15.6 Å². The molecule has 0 aliphatic carbocycles. The Hall–Kier alpha value is -1.13. The zero-order valence-electron chi connectivity index (χ0n) is 8.74. The van der Waals surface area contributed by atoms with Crippen molar-refractivity contribution in [3.63, 3.8) is 0 Å². The van der Waals surface area contributed by atoms with Gasteiger partial charge in [0, 0.05) is 24.6 Å². The molecule has 0 aliphatic rings. The van der Waals surface area contributed by atoms with Gasteiger partial charge in [-0.05, 0) is 12.1 Å². The molecule has 1 unspecified atom stereocenters. The van der Waals surface area contributed by atoms with E-state index in [-0.39, 0.29) is 24.9 Å². The number of halogens is 1. The van der Waals surface area contributed by atoms with Gasteiger partial charge in [-0.2, -0.15) is 0 Å². The van der Waals surface area contributed by atoms with Gasteiger partial charge in [-0.25, -0.2) is 4.39 Å². The molecule has 0 saturated carbocycles. The average Bonchev–Trinajstić information content (AvgIpc) is 2.25. The lowest BCUT2D eigenvalue weighted by Gasteiger charge is -2.13. The lowest BCUT2D eigenvalue weighted by molar-refractivity contribution is 0.173. The number of hydrogen-bond donors (Lipinski definition) is 2. The molecule has 3 nitrogen and oxygen atoms in total. The van der Waals surface area contributed by atoms with Crippen LogP contribution in [0.1, 0.15) is 12.5 Å². The molecule has 4 heteroatoms. The van der Waals surface area contributed by atoms with Crippen molar-refractivity contribution in [2.45, 2.75) is 13.5 Å². The molecule has 15 heavy (non-hydrogen) atoms. The maximum atomic E-state index is 13.2. The van der Waals surface area contributed by atoms with Crippen LogP contribution in [0.15, 0.2) is 18.2 Å². The molecule has 0 aliphatic heterocycles. The zero-order valence-corrected chi connectivity index (χ0v) is 8.74. The van der Waals surface area contributed by atoms with Crippen LogP contribution >= 0.6 is 0 Å². The summed E-state index contributed by atoms with van der Waals surface area (Å²) >= 11 is 0. The summed E-state index contributed by atoms with van der Waals surface area (Å²) in [4.78, 5) is 0. The Morgan fingerprint density at radius 2 is 2.27 bits per heavy atom. The molecule has 84 valence electrons. The van der Waals surface area contributed by atoms with E-state index >= 15 is 0 Å². The maximum absolute atomic E-state index is 13.2. The van der Waals surface area contributed by atoms with Crippen molar-refractivity contribution in [2.24, 2.45) is 11.7 Å². The van der Waals surface area contributed by atoms with E-state index in [1.54, 1.807) is 12.1 Å². The first-order valence-corrected chi connectivity index (χ1v) is 4.90. The Bertz CT molecular complexity index is 317. The predicted molar refractivity (Wildman–Crippen MR) is 56.0 cm³/mol. The van der Waals surface area contributed by atoms with Gasteiger partial charge in [0.25, 0.3) is 0 Å². The normalized spacial score (nSPS) is 12.5. The lowest BCUT2D eigenvalue weighted by Crippen LogP contribution is -2.14. The molecule has 0 aromatic heterocycles. The van der Waals surface area contributed by atoms with Crippen LogP contribution in [-0.2, 0) is 6.54 Å². The minimum atomic E-state index is -0.355. The van der Waals surface area contributed by atoms with Gasteiger partial charge in [-0.1, -0.05) is 13.0 Å². The van der Waals surface area contributed by atoms with Crippen LogP contribution in [0, 0.1) is 11.7 Å². The molecule has 0 saturated heterocycles. The number of ether oxygens (including phenoxy) is 1. The van der Waals surface area contributed by atoms with Gasteiger partial charge in [0.1, 0.15) is 11.6 Å².